The number of carbonyl (C=O) groups excluding carboxylic acids is 1. The van der Waals surface area contributed by atoms with Crippen LogP contribution in [0, 0.1) is 0 Å². The Labute approximate surface area is 131 Å². The summed E-state index contributed by atoms with van der Waals surface area (Å²) in [4.78, 5) is 28.0. The first-order valence-corrected chi connectivity index (χ1v) is 7.89. The van der Waals surface area contributed by atoms with Crippen LogP contribution in [0.1, 0.15) is 42.7 Å². The summed E-state index contributed by atoms with van der Waals surface area (Å²) in [6, 6.07) is 5.43. The van der Waals surface area contributed by atoms with Gasteiger partial charge in [0, 0.05) is 21.1 Å². The Balaban J connectivity index is 2.67. The van der Waals surface area contributed by atoms with Crippen LogP contribution in [0.2, 0.25) is 0 Å². The smallest absolute Gasteiger partial charge is 0.343 e. The van der Waals surface area contributed by atoms with Crippen LogP contribution >= 0.6 is 15.9 Å². The number of ether oxygens (including phenoxy) is 1. The number of halogens is 1. The van der Waals surface area contributed by atoms with Crippen LogP contribution in [-0.2, 0) is 11.2 Å². The van der Waals surface area contributed by atoms with E-state index in [2.05, 4.69) is 27.8 Å². The number of aromatic nitrogens is 1. The van der Waals surface area contributed by atoms with Gasteiger partial charge in [-0.1, -0.05) is 29.3 Å². The van der Waals surface area contributed by atoms with Crippen LogP contribution in [-0.4, -0.2) is 17.6 Å². The van der Waals surface area contributed by atoms with Gasteiger partial charge in [0.2, 0.25) is 5.43 Å². The predicted octanol–water partition coefficient (Wildman–Crippen LogP) is 3.81. The molecule has 0 amide bonds. The molecule has 0 spiro atoms. The maximum Gasteiger partial charge on any atom is 0.343 e. The van der Waals surface area contributed by atoms with Crippen molar-refractivity contribution in [2.24, 2.45) is 0 Å². The summed E-state index contributed by atoms with van der Waals surface area (Å²) >= 11 is 3.35. The number of rotatable bonds is 5. The van der Waals surface area contributed by atoms with E-state index in [1.54, 1.807) is 13.0 Å². The molecule has 0 saturated carbocycles. The SMILES string of the molecule is CCCCc1[nH]c2ccc(Br)cc2c(=O)c1C(=O)OCC. The van der Waals surface area contributed by atoms with Crippen LogP contribution in [0.4, 0.5) is 0 Å². The standard InChI is InChI=1S/C16H18BrNO3/c1-3-5-6-13-14(16(20)21-4-2)15(19)11-9-10(17)7-8-12(11)18-13/h7-9H,3-6H2,1-2H3,(H,18,19). The highest BCUT2D eigenvalue weighted by molar-refractivity contribution is 9.10. The number of esters is 1. The molecule has 4 nitrogen and oxygen atoms in total. The average molecular weight is 352 g/mol. The van der Waals surface area contributed by atoms with Crippen molar-refractivity contribution in [1.82, 2.24) is 4.98 Å². The molecule has 0 bridgehead atoms. The van der Waals surface area contributed by atoms with Crippen molar-refractivity contribution >= 4 is 32.8 Å². The van der Waals surface area contributed by atoms with Gasteiger partial charge >= 0.3 is 5.97 Å². The third kappa shape index (κ3) is 3.35. The van der Waals surface area contributed by atoms with Crippen molar-refractivity contribution in [2.75, 3.05) is 6.61 Å². The summed E-state index contributed by atoms with van der Waals surface area (Å²) < 4.78 is 5.84. The quantitative estimate of drug-likeness (QED) is 0.833. The van der Waals surface area contributed by atoms with E-state index < -0.39 is 5.97 Å². The third-order valence-corrected chi connectivity index (χ3v) is 3.79. The number of aryl methyl sites for hydroxylation is 1. The number of fused-ring (bicyclic) bond motifs is 1. The first-order valence-electron chi connectivity index (χ1n) is 7.10. The lowest BCUT2D eigenvalue weighted by Gasteiger charge is -2.10. The highest BCUT2D eigenvalue weighted by Gasteiger charge is 2.19. The fourth-order valence-electron chi connectivity index (χ4n) is 2.27. The minimum absolute atomic E-state index is 0.135. The van der Waals surface area contributed by atoms with Gasteiger partial charge in [-0.3, -0.25) is 4.79 Å². The molecule has 0 atom stereocenters. The number of nitrogens with one attached hydrogen (secondary N) is 1. The molecular weight excluding hydrogens is 334 g/mol. The topological polar surface area (TPSA) is 59.2 Å². The van der Waals surface area contributed by atoms with Crippen LogP contribution in [0.25, 0.3) is 10.9 Å². The summed E-state index contributed by atoms with van der Waals surface area (Å²) in [5.74, 6) is -0.549. The lowest BCUT2D eigenvalue weighted by Crippen LogP contribution is -2.22. The van der Waals surface area contributed by atoms with Gasteiger partial charge in [-0.25, -0.2) is 4.79 Å². The van der Waals surface area contributed by atoms with E-state index >= 15 is 0 Å². The average Bonchev–Trinajstić information content (AvgIpc) is 2.46. The highest BCUT2D eigenvalue weighted by atomic mass is 79.9. The summed E-state index contributed by atoms with van der Waals surface area (Å²) in [6.45, 7) is 4.05. The fourth-order valence-corrected chi connectivity index (χ4v) is 2.63. The number of benzene rings is 1. The Morgan fingerprint density at radius 3 is 2.76 bits per heavy atom. The molecular formula is C16H18BrNO3. The normalized spacial score (nSPS) is 10.8. The Morgan fingerprint density at radius 1 is 1.33 bits per heavy atom. The summed E-state index contributed by atoms with van der Waals surface area (Å²) in [5.41, 5.74) is 1.27. The van der Waals surface area contributed by atoms with Gasteiger partial charge < -0.3 is 9.72 Å². The monoisotopic (exact) mass is 351 g/mol. The van der Waals surface area contributed by atoms with E-state index in [4.69, 9.17) is 4.74 Å². The number of aromatic amines is 1. The van der Waals surface area contributed by atoms with E-state index in [0.717, 1.165) is 22.8 Å². The molecule has 1 aromatic heterocycles. The van der Waals surface area contributed by atoms with E-state index in [9.17, 15) is 9.59 Å². The first-order chi connectivity index (χ1) is 10.1. The van der Waals surface area contributed by atoms with Crippen molar-refractivity contribution in [2.45, 2.75) is 33.1 Å². The lowest BCUT2D eigenvalue weighted by atomic mass is 10.0. The second-order valence-electron chi connectivity index (χ2n) is 4.82. The van der Waals surface area contributed by atoms with Gasteiger partial charge in [0.1, 0.15) is 5.56 Å². The molecule has 0 fully saturated rings. The van der Waals surface area contributed by atoms with E-state index in [0.29, 0.717) is 17.5 Å². The molecule has 2 rings (SSSR count). The first kappa shape index (κ1) is 15.8. The second-order valence-corrected chi connectivity index (χ2v) is 5.74. The molecule has 0 aliphatic carbocycles. The van der Waals surface area contributed by atoms with Gasteiger partial charge in [-0.2, -0.15) is 0 Å². The maximum absolute atomic E-state index is 12.6. The zero-order valence-electron chi connectivity index (χ0n) is 12.2. The van der Waals surface area contributed by atoms with Crippen molar-refractivity contribution in [3.8, 4) is 0 Å². The molecule has 21 heavy (non-hydrogen) atoms. The van der Waals surface area contributed by atoms with Crippen LogP contribution < -0.4 is 5.43 Å². The summed E-state index contributed by atoms with van der Waals surface area (Å²) in [7, 11) is 0. The number of carbonyl (C=O) groups is 1. The maximum atomic E-state index is 12.6. The highest BCUT2D eigenvalue weighted by Crippen LogP contribution is 2.19. The van der Waals surface area contributed by atoms with Crippen LogP contribution in [0.3, 0.4) is 0 Å². The molecule has 1 heterocycles. The molecule has 0 unspecified atom stereocenters. The Morgan fingerprint density at radius 2 is 2.10 bits per heavy atom. The van der Waals surface area contributed by atoms with Gasteiger partial charge in [0.05, 0.1) is 6.61 Å². The Hall–Kier alpha value is -1.62. The molecule has 2 aromatic rings. The van der Waals surface area contributed by atoms with Gasteiger partial charge in [-0.05, 0) is 38.0 Å². The van der Waals surface area contributed by atoms with Crippen molar-refractivity contribution < 1.29 is 9.53 Å². The molecule has 0 saturated heterocycles. The number of pyridine rings is 1. The summed E-state index contributed by atoms with van der Waals surface area (Å²) in [5, 5.41) is 0.493. The molecule has 0 radical (unpaired) electrons. The number of hydrogen-bond acceptors (Lipinski definition) is 3. The van der Waals surface area contributed by atoms with Crippen molar-refractivity contribution in [3.63, 3.8) is 0 Å². The lowest BCUT2D eigenvalue weighted by molar-refractivity contribution is 0.0523. The van der Waals surface area contributed by atoms with E-state index in [-0.39, 0.29) is 17.6 Å². The Bertz CT molecular complexity index is 721. The number of H-pyrrole nitrogens is 1. The fraction of sp³-hybridized carbons (Fsp3) is 0.375. The van der Waals surface area contributed by atoms with Crippen LogP contribution in [0.15, 0.2) is 27.5 Å². The predicted molar refractivity (Wildman–Crippen MR) is 86.8 cm³/mol. The third-order valence-electron chi connectivity index (χ3n) is 3.30. The van der Waals surface area contributed by atoms with E-state index in [1.807, 2.05) is 12.1 Å². The zero-order valence-corrected chi connectivity index (χ0v) is 13.7. The molecule has 0 aliphatic rings. The molecule has 112 valence electrons. The van der Waals surface area contributed by atoms with Gasteiger partial charge in [0.15, 0.2) is 0 Å². The molecule has 1 N–H and O–H groups in total. The largest absolute Gasteiger partial charge is 0.462 e. The van der Waals surface area contributed by atoms with Gasteiger partial charge in [-0.15, -0.1) is 0 Å². The number of unbranched alkanes of at least 4 members (excludes halogenated alkanes) is 1. The van der Waals surface area contributed by atoms with Crippen molar-refractivity contribution in [1.29, 1.82) is 0 Å². The summed E-state index contributed by atoms with van der Waals surface area (Å²) in [6.07, 6.45) is 2.55. The Kier molecular flexibility index (Phi) is 5.17. The zero-order chi connectivity index (χ0) is 15.4. The van der Waals surface area contributed by atoms with Crippen molar-refractivity contribution in [3.05, 3.63) is 44.2 Å². The molecule has 0 aliphatic heterocycles. The minimum Gasteiger partial charge on any atom is -0.462 e. The molecule has 5 heteroatoms. The van der Waals surface area contributed by atoms with Gasteiger partial charge in [0.25, 0.3) is 0 Å². The molecule has 1 aromatic carbocycles. The minimum atomic E-state index is -0.549. The van der Waals surface area contributed by atoms with E-state index in [1.165, 1.54) is 0 Å². The van der Waals surface area contributed by atoms with Crippen LogP contribution in [0.5, 0.6) is 0 Å². The number of hydrogen-bond donors (Lipinski definition) is 1. The second kappa shape index (κ2) is 6.89.